The fourth-order valence-corrected chi connectivity index (χ4v) is 5.43. The van der Waals surface area contributed by atoms with Gasteiger partial charge in [0.15, 0.2) is 0 Å². The van der Waals surface area contributed by atoms with Crippen LogP contribution in [0.3, 0.4) is 0 Å². The molecule has 1 amide bonds. The monoisotopic (exact) mass is 481 g/mol. The Hall–Kier alpha value is -2.55. The molecule has 1 aliphatic rings. The maximum Gasteiger partial charge on any atom is 0.261 e. The molecular formula is C26H35N5O2S. The number of amides is 1. The molecule has 3 aromatic rings. The zero-order valence-corrected chi connectivity index (χ0v) is 21.7. The lowest BCUT2D eigenvalue weighted by Gasteiger charge is -2.26. The molecule has 8 heteroatoms. The molecule has 0 atom stereocenters. The third kappa shape index (κ3) is 5.40. The topological polar surface area (TPSA) is 70.6 Å². The summed E-state index contributed by atoms with van der Waals surface area (Å²) in [7, 11) is 2.02. The van der Waals surface area contributed by atoms with Gasteiger partial charge in [0, 0.05) is 32.4 Å². The Morgan fingerprint density at radius 2 is 1.88 bits per heavy atom. The third-order valence-electron chi connectivity index (χ3n) is 6.39. The van der Waals surface area contributed by atoms with Crippen LogP contribution < -0.4 is 10.2 Å². The summed E-state index contributed by atoms with van der Waals surface area (Å²) >= 11 is 1.45. The summed E-state index contributed by atoms with van der Waals surface area (Å²) in [6.07, 6.45) is 0.926. The van der Waals surface area contributed by atoms with Gasteiger partial charge in [0.25, 0.3) is 5.91 Å². The molecule has 4 rings (SSSR count). The molecule has 0 spiro atoms. The van der Waals surface area contributed by atoms with E-state index in [9.17, 15) is 4.79 Å². The van der Waals surface area contributed by atoms with Crippen LogP contribution in [0.2, 0.25) is 0 Å². The molecule has 1 aliphatic heterocycles. The normalized spacial score (nSPS) is 14.6. The highest BCUT2D eigenvalue weighted by molar-refractivity contribution is 7.20. The Balaban J connectivity index is 1.52. The van der Waals surface area contributed by atoms with E-state index >= 15 is 0 Å². The van der Waals surface area contributed by atoms with Gasteiger partial charge in [-0.15, -0.1) is 11.3 Å². The second kappa shape index (κ2) is 10.8. The Morgan fingerprint density at radius 1 is 1.18 bits per heavy atom. The van der Waals surface area contributed by atoms with Crippen molar-refractivity contribution in [1.29, 1.82) is 0 Å². The number of ether oxygens (including phenoxy) is 1. The van der Waals surface area contributed by atoms with Gasteiger partial charge in [0.05, 0.1) is 23.5 Å². The van der Waals surface area contributed by atoms with Crippen LogP contribution >= 0.6 is 11.3 Å². The molecule has 7 nitrogen and oxygen atoms in total. The molecule has 0 radical (unpaired) electrons. The molecule has 1 aromatic carbocycles. The second-order valence-electron chi connectivity index (χ2n) is 9.20. The summed E-state index contributed by atoms with van der Waals surface area (Å²) in [5.41, 5.74) is 3.30. The summed E-state index contributed by atoms with van der Waals surface area (Å²) in [6.45, 7) is 13.5. The number of nitrogens with one attached hydrogen (secondary N) is 1. The van der Waals surface area contributed by atoms with Crippen LogP contribution in [0.5, 0.6) is 0 Å². The highest BCUT2D eigenvalue weighted by atomic mass is 32.1. The predicted molar refractivity (Wildman–Crippen MR) is 140 cm³/mol. The zero-order chi connectivity index (χ0) is 24.2. The first-order valence-corrected chi connectivity index (χ1v) is 12.9. The smallest absolute Gasteiger partial charge is 0.261 e. The van der Waals surface area contributed by atoms with Crippen LogP contribution in [0.15, 0.2) is 24.3 Å². The van der Waals surface area contributed by atoms with Crippen LogP contribution in [-0.4, -0.2) is 67.2 Å². The first-order chi connectivity index (χ1) is 16.3. The predicted octanol–water partition coefficient (Wildman–Crippen LogP) is 4.65. The maximum atomic E-state index is 13.0. The first kappa shape index (κ1) is 24.6. The standard InChI is InChI=1S/C26H35N5O2S/c1-17(2)20-7-9-21(10-8-20)30(5)24-22-18(3)23(34-26(22)29-19(4)28-24)25(32)27-11-6-12-31-13-15-33-16-14-31/h7-10,17H,6,11-16H2,1-5H3,(H,27,32). The van der Waals surface area contributed by atoms with Gasteiger partial charge in [0.1, 0.15) is 16.5 Å². The van der Waals surface area contributed by atoms with Crippen molar-refractivity contribution < 1.29 is 9.53 Å². The minimum absolute atomic E-state index is 0.0324. The Bertz CT molecular complexity index is 1140. The molecule has 1 saturated heterocycles. The second-order valence-corrected chi connectivity index (χ2v) is 10.2. The van der Waals surface area contributed by atoms with Crippen molar-refractivity contribution in [2.75, 3.05) is 51.3 Å². The minimum atomic E-state index is -0.0324. The van der Waals surface area contributed by atoms with E-state index in [2.05, 4.69) is 58.2 Å². The zero-order valence-electron chi connectivity index (χ0n) is 20.9. The lowest BCUT2D eigenvalue weighted by molar-refractivity contribution is 0.0374. The van der Waals surface area contributed by atoms with Crippen LogP contribution in [0.25, 0.3) is 10.2 Å². The number of aryl methyl sites for hydroxylation is 2. The molecule has 0 unspecified atom stereocenters. The van der Waals surface area contributed by atoms with E-state index in [-0.39, 0.29) is 5.91 Å². The molecule has 182 valence electrons. The van der Waals surface area contributed by atoms with E-state index in [4.69, 9.17) is 9.72 Å². The van der Waals surface area contributed by atoms with Gasteiger partial charge < -0.3 is 15.0 Å². The van der Waals surface area contributed by atoms with E-state index in [1.807, 2.05) is 20.9 Å². The number of hydrogen-bond acceptors (Lipinski definition) is 7. The van der Waals surface area contributed by atoms with E-state index < -0.39 is 0 Å². The van der Waals surface area contributed by atoms with Crippen molar-refractivity contribution in [3.63, 3.8) is 0 Å². The molecular weight excluding hydrogens is 446 g/mol. The molecule has 1 fully saturated rings. The van der Waals surface area contributed by atoms with Crippen LogP contribution in [0.4, 0.5) is 11.5 Å². The summed E-state index contributed by atoms with van der Waals surface area (Å²) in [5.74, 6) is 1.99. The van der Waals surface area contributed by atoms with E-state index in [1.165, 1.54) is 16.9 Å². The van der Waals surface area contributed by atoms with Crippen LogP contribution in [0.1, 0.15) is 52.8 Å². The fraction of sp³-hybridized carbons (Fsp3) is 0.500. The Morgan fingerprint density at radius 3 is 2.56 bits per heavy atom. The number of nitrogens with zero attached hydrogens (tertiary/aromatic N) is 4. The number of hydrogen-bond donors (Lipinski definition) is 1. The van der Waals surface area contributed by atoms with Gasteiger partial charge in [-0.1, -0.05) is 26.0 Å². The molecule has 34 heavy (non-hydrogen) atoms. The quantitative estimate of drug-likeness (QED) is 0.472. The molecule has 1 N–H and O–H groups in total. The molecule has 2 aromatic heterocycles. The summed E-state index contributed by atoms with van der Waals surface area (Å²) in [6, 6.07) is 8.58. The van der Waals surface area contributed by atoms with Gasteiger partial charge in [-0.2, -0.15) is 0 Å². The van der Waals surface area contributed by atoms with Crippen molar-refractivity contribution in [2.24, 2.45) is 0 Å². The number of rotatable bonds is 8. The van der Waals surface area contributed by atoms with Crippen molar-refractivity contribution >= 4 is 39.0 Å². The van der Waals surface area contributed by atoms with Gasteiger partial charge in [-0.3, -0.25) is 9.69 Å². The highest BCUT2D eigenvalue weighted by Crippen LogP contribution is 2.37. The van der Waals surface area contributed by atoms with Gasteiger partial charge in [0.2, 0.25) is 0 Å². The number of thiophene rings is 1. The summed E-state index contributed by atoms with van der Waals surface area (Å²) < 4.78 is 5.40. The fourth-order valence-electron chi connectivity index (χ4n) is 4.30. The van der Waals surface area contributed by atoms with Crippen molar-refractivity contribution in [3.8, 4) is 0 Å². The number of carbonyl (C=O) groups excluding carboxylic acids is 1. The number of benzene rings is 1. The number of carbonyl (C=O) groups is 1. The molecule has 0 bridgehead atoms. The number of morpholine rings is 1. The van der Waals surface area contributed by atoms with Gasteiger partial charge >= 0.3 is 0 Å². The van der Waals surface area contributed by atoms with E-state index in [0.717, 1.165) is 66.6 Å². The summed E-state index contributed by atoms with van der Waals surface area (Å²) in [5, 5.41) is 4.05. The molecule has 0 saturated carbocycles. The van der Waals surface area contributed by atoms with E-state index in [0.29, 0.717) is 23.2 Å². The van der Waals surface area contributed by atoms with Crippen molar-refractivity contribution in [2.45, 2.75) is 40.0 Å². The van der Waals surface area contributed by atoms with Crippen LogP contribution in [0, 0.1) is 13.8 Å². The lowest BCUT2D eigenvalue weighted by atomic mass is 10.0. The average Bonchev–Trinajstić information content (AvgIpc) is 3.17. The average molecular weight is 482 g/mol. The van der Waals surface area contributed by atoms with Gasteiger partial charge in [-0.05, 0) is 56.0 Å². The maximum absolute atomic E-state index is 13.0. The Kier molecular flexibility index (Phi) is 7.80. The number of aromatic nitrogens is 2. The van der Waals surface area contributed by atoms with Crippen molar-refractivity contribution in [1.82, 2.24) is 20.2 Å². The third-order valence-corrected chi connectivity index (χ3v) is 7.58. The first-order valence-electron chi connectivity index (χ1n) is 12.0. The summed E-state index contributed by atoms with van der Waals surface area (Å²) in [4.78, 5) is 28.5. The minimum Gasteiger partial charge on any atom is -0.379 e. The highest BCUT2D eigenvalue weighted by Gasteiger charge is 2.22. The lowest BCUT2D eigenvalue weighted by Crippen LogP contribution is -2.38. The van der Waals surface area contributed by atoms with Gasteiger partial charge in [-0.25, -0.2) is 9.97 Å². The molecule has 3 heterocycles. The van der Waals surface area contributed by atoms with Crippen molar-refractivity contribution in [3.05, 3.63) is 46.1 Å². The number of anilines is 2. The number of fused-ring (bicyclic) bond motifs is 1. The van der Waals surface area contributed by atoms with Crippen LogP contribution in [-0.2, 0) is 4.74 Å². The largest absolute Gasteiger partial charge is 0.379 e. The Labute approximate surface area is 206 Å². The molecule has 0 aliphatic carbocycles. The van der Waals surface area contributed by atoms with E-state index in [1.54, 1.807) is 0 Å². The SMILES string of the molecule is Cc1nc(N(C)c2ccc(C(C)C)cc2)c2c(C)c(C(=O)NCCCN3CCOCC3)sc2n1.